The summed E-state index contributed by atoms with van der Waals surface area (Å²) in [7, 11) is 0. The Bertz CT molecular complexity index is 316. The molecule has 2 N–H and O–H groups in total. The summed E-state index contributed by atoms with van der Waals surface area (Å²) in [4.78, 5) is 4.27. The van der Waals surface area contributed by atoms with Gasteiger partial charge < -0.3 is 5.73 Å². The zero-order chi connectivity index (χ0) is 9.84. The lowest BCUT2D eigenvalue weighted by Crippen LogP contribution is -1.97. The molecule has 2 nitrogen and oxygen atoms in total. The highest BCUT2D eigenvalue weighted by Crippen LogP contribution is 2.18. The van der Waals surface area contributed by atoms with Crippen LogP contribution in [-0.2, 0) is 0 Å². The molecule has 0 aliphatic rings. The fourth-order valence-corrected chi connectivity index (χ4v) is 1.17. The highest BCUT2D eigenvalue weighted by Gasteiger charge is 2.01. The number of anilines is 1. The zero-order valence-corrected chi connectivity index (χ0v) is 8.30. The Morgan fingerprint density at radius 2 is 2.23 bits per heavy atom. The van der Waals surface area contributed by atoms with Gasteiger partial charge in [-0.3, -0.25) is 0 Å². The molecule has 13 heavy (non-hydrogen) atoms. The van der Waals surface area contributed by atoms with Crippen molar-refractivity contribution in [3.63, 3.8) is 0 Å². The maximum Gasteiger partial charge on any atom is 0.126 e. The van der Waals surface area contributed by atoms with Crippen molar-refractivity contribution in [1.29, 1.82) is 0 Å². The van der Waals surface area contributed by atoms with Crippen LogP contribution in [0.4, 0.5) is 5.82 Å². The Hall–Kier alpha value is -1.31. The molecule has 1 rings (SSSR count). The average Bonchev–Trinajstić information content (AvgIpc) is 2.10. The molecule has 70 valence electrons. The van der Waals surface area contributed by atoms with E-state index in [0.29, 0.717) is 5.82 Å². The van der Waals surface area contributed by atoms with Crippen molar-refractivity contribution >= 4 is 11.4 Å². The molecular formula is C11H16N2. The highest BCUT2D eigenvalue weighted by atomic mass is 14.8. The fraction of sp³-hybridized carbons (Fsp3) is 0.364. The Balaban J connectivity index is 2.90. The number of nitrogen functional groups attached to an aromatic ring is 1. The number of aryl methyl sites for hydroxylation is 1. The van der Waals surface area contributed by atoms with Crippen molar-refractivity contribution in [2.24, 2.45) is 0 Å². The molecule has 0 amide bonds. The summed E-state index contributed by atoms with van der Waals surface area (Å²) in [5.41, 5.74) is 8.71. The van der Waals surface area contributed by atoms with Gasteiger partial charge in [0.15, 0.2) is 0 Å². The number of nitrogens with zero attached hydrogens (tertiary/aromatic N) is 1. The minimum atomic E-state index is 0.606. The smallest absolute Gasteiger partial charge is 0.126 e. The molecule has 0 spiro atoms. The second-order valence-electron chi connectivity index (χ2n) is 3.25. The number of hydrogen-bond acceptors (Lipinski definition) is 2. The monoisotopic (exact) mass is 176 g/mol. The van der Waals surface area contributed by atoms with E-state index >= 15 is 0 Å². The maximum absolute atomic E-state index is 5.70. The minimum Gasteiger partial charge on any atom is -0.383 e. The first kappa shape index (κ1) is 9.78. The van der Waals surface area contributed by atoms with E-state index in [1.807, 2.05) is 19.1 Å². The zero-order valence-electron chi connectivity index (χ0n) is 8.30. The van der Waals surface area contributed by atoms with E-state index in [9.17, 15) is 0 Å². The summed E-state index contributed by atoms with van der Waals surface area (Å²) in [6, 6.07) is 3.96. The molecule has 0 bridgehead atoms. The second-order valence-corrected chi connectivity index (χ2v) is 3.25. The van der Waals surface area contributed by atoms with Crippen LogP contribution in [-0.4, -0.2) is 4.98 Å². The van der Waals surface area contributed by atoms with Gasteiger partial charge in [-0.1, -0.05) is 26.0 Å². The van der Waals surface area contributed by atoms with E-state index < -0.39 is 0 Å². The molecule has 1 heterocycles. The predicted octanol–water partition coefficient (Wildman–Crippen LogP) is 2.79. The van der Waals surface area contributed by atoms with E-state index in [4.69, 9.17) is 5.73 Å². The fourth-order valence-electron chi connectivity index (χ4n) is 1.17. The number of rotatable bonds is 3. The third-order valence-electron chi connectivity index (χ3n) is 2.05. The topological polar surface area (TPSA) is 38.9 Å². The molecule has 2 heteroatoms. The van der Waals surface area contributed by atoms with Gasteiger partial charge in [0.25, 0.3) is 0 Å². The summed E-state index contributed by atoms with van der Waals surface area (Å²) in [6.45, 7) is 8.05. The van der Waals surface area contributed by atoms with Gasteiger partial charge in [0, 0.05) is 0 Å². The molecule has 0 radical (unpaired) electrons. The number of nitrogens with two attached hydrogens (primary N) is 1. The summed E-state index contributed by atoms with van der Waals surface area (Å²) in [5.74, 6) is 0.606. The second kappa shape index (κ2) is 4.08. The van der Waals surface area contributed by atoms with Gasteiger partial charge in [0.05, 0.1) is 5.69 Å². The van der Waals surface area contributed by atoms with Crippen molar-refractivity contribution in [2.75, 3.05) is 5.73 Å². The maximum atomic E-state index is 5.70. The van der Waals surface area contributed by atoms with Gasteiger partial charge in [0.1, 0.15) is 5.82 Å². The van der Waals surface area contributed by atoms with Gasteiger partial charge in [0.2, 0.25) is 0 Å². The van der Waals surface area contributed by atoms with Crippen LogP contribution < -0.4 is 5.73 Å². The Kier molecular flexibility index (Phi) is 3.07. The molecule has 1 aromatic rings. The molecular weight excluding hydrogens is 160 g/mol. The molecule has 0 fully saturated rings. The van der Waals surface area contributed by atoms with Gasteiger partial charge in [-0.05, 0) is 30.5 Å². The SMILES string of the molecule is C=C(CCC)c1ccc(C)c(N)n1. The van der Waals surface area contributed by atoms with E-state index in [1.165, 1.54) is 0 Å². The molecule has 1 aromatic heterocycles. The number of hydrogen-bond donors (Lipinski definition) is 1. The molecule has 0 unspecified atom stereocenters. The number of allylic oxidation sites excluding steroid dienone is 1. The summed E-state index contributed by atoms with van der Waals surface area (Å²) >= 11 is 0. The van der Waals surface area contributed by atoms with Gasteiger partial charge >= 0.3 is 0 Å². The van der Waals surface area contributed by atoms with E-state index in [0.717, 1.165) is 29.7 Å². The van der Waals surface area contributed by atoms with Crippen LogP contribution in [0.25, 0.3) is 5.57 Å². The van der Waals surface area contributed by atoms with Crippen molar-refractivity contribution in [1.82, 2.24) is 4.98 Å². The van der Waals surface area contributed by atoms with Crippen LogP contribution in [0.1, 0.15) is 31.0 Å². The largest absolute Gasteiger partial charge is 0.383 e. The molecule has 0 aromatic carbocycles. The van der Waals surface area contributed by atoms with Crippen LogP contribution in [0.3, 0.4) is 0 Å². The molecule has 0 atom stereocenters. The van der Waals surface area contributed by atoms with E-state index in [-0.39, 0.29) is 0 Å². The van der Waals surface area contributed by atoms with Crippen LogP contribution in [0.15, 0.2) is 18.7 Å². The lowest BCUT2D eigenvalue weighted by molar-refractivity contribution is 0.967. The highest BCUT2D eigenvalue weighted by molar-refractivity contribution is 5.62. The first-order valence-corrected chi connectivity index (χ1v) is 4.56. The van der Waals surface area contributed by atoms with E-state index in [1.54, 1.807) is 0 Å². The molecule has 0 saturated carbocycles. The Morgan fingerprint density at radius 3 is 2.77 bits per heavy atom. The quantitative estimate of drug-likeness (QED) is 0.769. The van der Waals surface area contributed by atoms with Crippen LogP contribution in [0.2, 0.25) is 0 Å². The van der Waals surface area contributed by atoms with Crippen LogP contribution in [0.5, 0.6) is 0 Å². The van der Waals surface area contributed by atoms with Crippen LogP contribution >= 0.6 is 0 Å². The lowest BCUT2D eigenvalue weighted by atomic mass is 10.1. The van der Waals surface area contributed by atoms with Crippen molar-refractivity contribution in [3.05, 3.63) is 30.0 Å². The Labute approximate surface area is 79.5 Å². The minimum absolute atomic E-state index is 0.606. The number of pyridine rings is 1. The third-order valence-corrected chi connectivity index (χ3v) is 2.05. The van der Waals surface area contributed by atoms with E-state index in [2.05, 4.69) is 18.5 Å². The summed E-state index contributed by atoms with van der Waals surface area (Å²) < 4.78 is 0. The van der Waals surface area contributed by atoms with Gasteiger partial charge in [-0.15, -0.1) is 0 Å². The van der Waals surface area contributed by atoms with Crippen molar-refractivity contribution < 1.29 is 0 Å². The van der Waals surface area contributed by atoms with Gasteiger partial charge in [-0.25, -0.2) is 4.98 Å². The summed E-state index contributed by atoms with van der Waals surface area (Å²) in [5, 5.41) is 0. The number of aromatic nitrogens is 1. The standard InChI is InChI=1S/C11H16N2/c1-4-5-8(2)10-7-6-9(3)11(12)13-10/h6-7H,2,4-5H2,1,3H3,(H2,12,13). The predicted molar refractivity (Wildman–Crippen MR) is 57.3 cm³/mol. The van der Waals surface area contributed by atoms with Crippen molar-refractivity contribution in [3.8, 4) is 0 Å². The first-order valence-electron chi connectivity index (χ1n) is 4.56. The average molecular weight is 176 g/mol. The molecule has 0 aliphatic carbocycles. The Morgan fingerprint density at radius 1 is 1.54 bits per heavy atom. The van der Waals surface area contributed by atoms with Gasteiger partial charge in [-0.2, -0.15) is 0 Å². The molecule has 0 aliphatic heterocycles. The van der Waals surface area contributed by atoms with Crippen LogP contribution in [0, 0.1) is 6.92 Å². The van der Waals surface area contributed by atoms with Crippen molar-refractivity contribution in [2.45, 2.75) is 26.7 Å². The molecule has 0 saturated heterocycles. The lowest BCUT2D eigenvalue weighted by Gasteiger charge is -2.05. The normalized spacial score (nSPS) is 10.0. The first-order chi connectivity index (χ1) is 6.15. The summed E-state index contributed by atoms with van der Waals surface area (Å²) in [6.07, 6.45) is 2.07. The third kappa shape index (κ3) is 2.31.